The minimum Gasteiger partial charge on any atom is -0.0765 e. The molecule has 0 fully saturated rings. The van der Waals surface area contributed by atoms with Crippen molar-refractivity contribution in [2.24, 2.45) is 0 Å². The molecule has 1 heteroatoms. The Balaban J connectivity index is 2.17. The van der Waals surface area contributed by atoms with Gasteiger partial charge in [-0.2, -0.15) is 0 Å². The Hall–Kier alpha value is -1.34. The molecule has 2 aromatic carbocycles. The van der Waals surface area contributed by atoms with Gasteiger partial charge in [0.05, 0.1) is 0 Å². The number of allylic oxidation sites excluding steroid dienone is 2. The second-order valence-electron chi connectivity index (χ2n) is 4.41. The van der Waals surface area contributed by atoms with Crippen LogP contribution in [0.4, 0.5) is 0 Å². The van der Waals surface area contributed by atoms with E-state index < -0.39 is 0 Å². The number of fused-ring (bicyclic) bond motifs is 1. The summed E-state index contributed by atoms with van der Waals surface area (Å²) < 4.78 is 1.24. The molecule has 0 aliphatic heterocycles. The van der Waals surface area contributed by atoms with Crippen molar-refractivity contribution in [3.8, 4) is 11.1 Å². The van der Waals surface area contributed by atoms with Gasteiger partial charge in [0.25, 0.3) is 0 Å². The average Bonchev–Trinajstić information content (AvgIpc) is 2.74. The van der Waals surface area contributed by atoms with E-state index in [0.717, 1.165) is 6.42 Å². The molecule has 0 radical (unpaired) electrons. The van der Waals surface area contributed by atoms with Gasteiger partial charge in [-0.25, -0.2) is 0 Å². The Labute approximate surface area is 110 Å². The molecule has 0 atom stereocenters. The summed E-state index contributed by atoms with van der Waals surface area (Å²) in [6.07, 6.45) is 3.34. The number of hydrogen-bond acceptors (Lipinski definition) is 0. The monoisotopic (exact) mass is 284 g/mol. The topological polar surface area (TPSA) is 0 Å². The molecule has 0 aromatic heterocycles. The summed E-state index contributed by atoms with van der Waals surface area (Å²) in [5.74, 6) is 0. The number of hydrogen-bond donors (Lipinski definition) is 0. The molecule has 84 valence electrons. The van der Waals surface area contributed by atoms with Crippen molar-refractivity contribution in [3.05, 3.63) is 64.1 Å². The molecule has 1 aliphatic rings. The maximum atomic E-state index is 3.76. The molecule has 3 rings (SSSR count). The predicted molar refractivity (Wildman–Crippen MR) is 76.9 cm³/mol. The van der Waals surface area contributed by atoms with Gasteiger partial charge in [-0.3, -0.25) is 0 Å². The van der Waals surface area contributed by atoms with Crippen LogP contribution in [0.3, 0.4) is 0 Å². The van der Waals surface area contributed by atoms with Crippen molar-refractivity contribution in [3.63, 3.8) is 0 Å². The first-order chi connectivity index (χ1) is 8.27. The van der Waals surface area contributed by atoms with Crippen LogP contribution in [0.2, 0.25) is 0 Å². The van der Waals surface area contributed by atoms with Gasteiger partial charge in [0, 0.05) is 4.47 Å². The Kier molecular flexibility index (Phi) is 2.64. The van der Waals surface area contributed by atoms with Crippen molar-refractivity contribution in [1.82, 2.24) is 0 Å². The highest BCUT2D eigenvalue weighted by molar-refractivity contribution is 9.10. The van der Waals surface area contributed by atoms with Crippen LogP contribution in [0.25, 0.3) is 16.7 Å². The molecular weight excluding hydrogens is 272 g/mol. The fraction of sp³-hybridized carbons (Fsp3) is 0.125. The van der Waals surface area contributed by atoms with E-state index in [2.05, 4.69) is 71.4 Å². The van der Waals surface area contributed by atoms with Gasteiger partial charge in [-0.1, -0.05) is 48.5 Å². The molecule has 0 bridgehead atoms. The first kappa shape index (κ1) is 10.8. The molecule has 2 aromatic rings. The Morgan fingerprint density at radius 2 is 1.65 bits per heavy atom. The van der Waals surface area contributed by atoms with Gasteiger partial charge in [0.2, 0.25) is 0 Å². The third kappa shape index (κ3) is 1.75. The van der Waals surface area contributed by atoms with Crippen LogP contribution in [0.1, 0.15) is 18.1 Å². The van der Waals surface area contributed by atoms with Crippen molar-refractivity contribution in [2.45, 2.75) is 13.3 Å². The van der Waals surface area contributed by atoms with Gasteiger partial charge >= 0.3 is 0 Å². The first-order valence-corrected chi connectivity index (χ1v) is 6.60. The van der Waals surface area contributed by atoms with Crippen molar-refractivity contribution in [1.29, 1.82) is 0 Å². The third-order valence-electron chi connectivity index (χ3n) is 3.37. The second kappa shape index (κ2) is 4.15. The highest BCUT2D eigenvalue weighted by atomic mass is 79.9. The van der Waals surface area contributed by atoms with Crippen molar-refractivity contribution >= 4 is 21.5 Å². The van der Waals surface area contributed by atoms with Crippen LogP contribution in [0.5, 0.6) is 0 Å². The average molecular weight is 285 g/mol. The lowest BCUT2D eigenvalue weighted by molar-refractivity contribution is 1.29. The minimum absolute atomic E-state index is 1.04. The molecule has 0 N–H and O–H groups in total. The minimum atomic E-state index is 1.04. The highest BCUT2D eigenvalue weighted by Crippen LogP contribution is 2.38. The van der Waals surface area contributed by atoms with Crippen molar-refractivity contribution < 1.29 is 0 Å². The molecule has 0 spiro atoms. The van der Waals surface area contributed by atoms with E-state index in [4.69, 9.17) is 0 Å². The lowest BCUT2D eigenvalue weighted by atomic mass is 9.99. The molecule has 0 saturated heterocycles. The maximum Gasteiger partial charge on any atom is 0.0294 e. The van der Waals surface area contributed by atoms with Crippen LogP contribution >= 0.6 is 15.9 Å². The summed E-state index contributed by atoms with van der Waals surface area (Å²) in [5, 5.41) is 0. The Bertz CT molecular complexity index is 594. The van der Waals surface area contributed by atoms with Crippen LogP contribution in [0.15, 0.2) is 53.0 Å². The van der Waals surface area contributed by atoms with Crippen LogP contribution in [0, 0.1) is 0 Å². The van der Waals surface area contributed by atoms with Crippen molar-refractivity contribution in [2.75, 3.05) is 0 Å². The SMILES string of the molecule is CC1=CCc2c1ccc(-c1ccccc1)c2Br. The lowest BCUT2D eigenvalue weighted by Gasteiger charge is -2.10. The van der Waals surface area contributed by atoms with Crippen LogP contribution in [-0.4, -0.2) is 0 Å². The predicted octanol–water partition coefficient (Wildman–Crippen LogP) is 5.08. The highest BCUT2D eigenvalue weighted by Gasteiger charge is 2.16. The largest absolute Gasteiger partial charge is 0.0765 e. The zero-order valence-corrected chi connectivity index (χ0v) is 11.3. The Morgan fingerprint density at radius 1 is 0.941 bits per heavy atom. The summed E-state index contributed by atoms with van der Waals surface area (Å²) in [4.78, 5) is 0. The van der Waals surface area contributed by atoms with Gasteiger partial charge in [-0.05, 0) is 57.1 Å². The summed E-state index contributed by atoms with van der Waals surface area (Å²) in [7, 11) is 0. The van der Waals surface area contributed by atoms with Crippen LogP contribution < -0.4 is 0 Å². The second-order valence-corrected chi connectivity index (χ2v) is 5.20. The standard InChI is InChI=1S/C16H13Br/c1-11-7-8-15-13(11)9-10-14(16(15)17)12-5-3-2-4-6-12/h2-7,9-10H,8H2,1H3. The molecule has 17 heavy (non-hydrogen) atoms. The van der Waals surface area contributed by atoms with E-state index in [0.29, 0.717) is 0 Å². The number of benzene rings is 2. The fourth-order valence-corrected chi connectivity index (χ4v) is 3.13. The smallest absolute Gasteiger partial charge is 0.0294 e. The van der Waals surface area contributed by atoms with E-state index in [1.54, 1.807) is 0 Å². The summed E-state index contributed by atoms with van der Waals surface area (Å²) >= 11 is 3.76. The van der Waals surface area contributed by atoms with E-state index >= 15 is 0 Å². The van der Waals surface area contributed by atoms with E-state index in [1.165, 1.54) is 32.3 Å². The van der Waals surface area contributed by atoms with Gasteiger partial charge in [0.15, 0.2) is 0 Å². The lowest BCUT2D eigenvalue weighted by Crippen LogP contribution is -1.89. The third-order valence-corrected chi connectivity index (χ3v) is 4.27. The Morgan fingerprint density at radius 3 is 2.41 bits per heavy atom. The molecule has 0 amide bonds. The molecule has 0 unspecified atom stereocenters. The summed E-state index contributed by atoms with van der Waals surface area (Å²) in [5.41, 5.74) is 6.75. The van der Waals surface area contributed by atoms with E-state index in [9.17, 15) is 0 Å². The van der Waals surface area contributed by atoms with E-state index in [1.807, 2.05) is 0 Å². The van der Waals surface area contributed by atoms with E-state index in [-0.39, 0.29) is 0 Å². The number of halogens is 1. The summed E-state index contributed by atoms with van der Waals surface area (Å²) in [6, 6.07) is 15.0. The quantitative estimate of drug-likeness (QED) is 0.685. The maximum absolute atomic E-state index is 3.76. The fourth-order valence-electron chi connectivity index (χ4n) is 2.40. The van der Waals surface area contributed by atoms with Gasteiger partial charge in [-0.15, -0.1) is 0 Å². The zero-order valence-electron chi connectivity index (χ0n) is 9.70. The first-order valence-electron chi connectivity index (χ1n) is 5.81. The molecule has 0 saturated carbocycles. The van der Waals surface area contributed by atoms with Gasteiger partial charge < -0.3 is 0 Å². The zero-order chi connectivity index (χ0) is 11.8. The molecule has 0 heterocycles. The molecule has 1 aliphatic carbocycles. The molecule has 0 nitrogen and oxygen atoms in total. The van der Waals surface area contributed by atoms with Gasteiger partial charge in [0.1, 0.15) is 0 Å². The number of rotatable bonds is 1. The molecular formula is C16H13Br. The van der Waals surface area contributed by atoms with Crippen LogP contribution in [-0.2, 0) is 6.42 Å². The normalized spacial score (nSPS) is 13.4. The summed E-state index contributed by atoms with van der Waals surface area (Å²) in [6.45, 7) is 2.18.